The van der Waals surface area contributed by atoms with E-state index < -0.39 is 6.10 Å². The van der Waals surface area contributed by atoms with Gasteiger partial charge < -0.3 is 14.2 Å². The second-order valence-corrected chi connectivity index (χ2v) is 18.5. The summed E-state index contributed by atoms with van der Waals surface area (Å²) >= 11 is 0. The molecule has 6 heteroatoms. The Morgan fingerprint density at radius 2 is 0.582 bits per heavy atom. The summed E-state index contributed by atoms with van der Waals surface area (Å²) in [6, 6.07) is 0. The first kappa shape index (κ1) is 63.6. The van der Waals surface area contributed by atoms with Gasteiger partial charge in [0.25, 0.3) is 0 Å². The van der Waals surface area contributed by atoms with Crippen LogP contribution in [0.1, 0.15) is 265 Å². The zero-order chi connectivity index (χ0) is 48.6. The smallest absolute Gasteiger partial charge is 0.306 e. The van der Waals surface area contributed by atoms with Crippen LogP contribution in [0.2, 0.25) is 0 Å². The van der Waals surface area contributed by atoms with Crippen LogP contribution in [0.5, 0.6) is 0 Å². The van der Waals surface area contributed by atoms with Crippen molar-refractivity contribution in [3.05, 3.63) is 85.1 Å². The van der Waals surface area contributed by atoms with Crippen LogP contribution in [0.4, 0.5) is 0 Å². The molecule has 0 radical (unpaired) electrons. The molecule has 0 N–H and O–H groups in total. The number of hydrogen-bond acceptors (Lipinski definition) is 6. The van der Waals surface area contributed by atoms with E-state index in [9.17, 15) is 14.4 Å². The highest BCUT2D eigenvalue weighted by Crippen LogP contribution is 2.14. The molecule has 384 valence electrons. The highest BCUT2D eigenvalue weighted by molar-refractivity contribution is 5.71. The van der Waals surface area contributed by atoms with E-state index in [2.05, 4.69) is 106 Å². The van der Waals surface area contributed by atoms with E-state index in [4.69, 9.17) is 14.2 Å². The van der Waals surface area contributed by atoms with Crippen LogP contribution < -0.4 is 0 Å². The molecule has 0 aromatic carbocycles. The van der Waals surface area contributed by atoms with Gasteiger partial charge in [0.2, 0.25) is 0 Å². The minimum absolute atomic E-state index is 0.0905. The number of allylic oxidation sites excluding steroid dienone is 14. The average Bonchev–Trinajstić information content (AvgIpc) is 3.33. The van der Waals surface area contributed by atoms with Crippen LogP contribution in [0, 0.1) is 0 Å². The maximum Gasteiger partial charge on any atom is 0.306 e. The number of hydrogen-bond donors (Lipinski definition) is 0. The van der Waals surface area contributed by atoms with Gasteiger partial charge in [0.1, 0.15) is 13.2 Å². The van der Waals surface area contributed by atoms with Gasteiger partial charge in [-0.2, -0.15) is 0 Å². The second kappa shape index (κ2) is 55.2. The molecule has 0 fully saturated rings. The third kappa shape index (κ3) is 53.4. The lowest BCUT2D eigenvalue weighted by atomic mass is 10.1. The molecular weight excluding hydrogens is 829 g/mol. The molecule has 0 saturated heterocycles. The number of rotatable bonds is 50. The normalized spacial score (nSPS) is 12.7. The van der Waals surface area contributed by atoms with Gasteiger partial charge in [0, 0.05) is 19.3 Å². The summed E-state index contributed by atoms with van der Waals surface area (Å²) in [6.45, 7) is 6.47. The minimum atomic E-state index is -0.792. The molecule has 0 aliphatic rings. The lowest BCUT2D eigenvalue weighted by Gasteiger charge is -2.18. The van der Waals surface area contributed by atoms with Gasteiger partial charge >= 0.3 is 17.9 Å². The van der Waals surface area contributed by atoms with E-state index in [-0.39, 0.29) is 31.1 Å². The fourth-order valence-electron chi connectivity index (χ4n) is 7.63. The van der Waals surface area contributed by atoms with Gasteiger partial charge in [-0.05, 0) is 116 Å². The molecule has 0 amide bonds. The Kier molecular flexibility index (Phi) is 52.4. The van der Waals surface area contributed by atoms with Crippen molar-refractivity contribution < 1.29 is 28.6 Å². The zero-order valence-electron chi connectivity index (χ0n) is 43.9. The van der Waals surface area contributed by atoms with E-state index in [1.54, 1.807) is 0 Å². The first-order valence-corrected chi connectivity index (χ1v) is 28.1. The standard InChI is InChI=1S/C61H104O6/c1-4-7-10-13-16-19-22-25-27-29-30-31-32-33-35-36-39-42-45-48-51-54-60(63)66-57-58(56-65-59(62)53-50-47-44-41-38-24-21-18-15-12-9-6-3)67-61(64)55-52-49-46-43-40-37-34-28-26-23-20-17-14-11-8-5-2/h7,10,16,18-19,21,25,27-28,30-31,33-35,58H,4-6,8-9,11-15,17,20,22-24,26,29,32,36-57H2,1-3H3/b10-7-,19-16-,21-18-,27-25-,31-30-,34-28-,35-33-. The molecule has 0 rings (SSSR count). The van der Waals surface area contributed by atoms with E-state index in [1.165, 1.54) is 96.3 Å². The van der Waals surface area contributed by atoms with Crippen molar-refractivity contribution in [2.24, 2.45) is 0 Å². The van der Waals surface area contributed by atoms with Crippen LogP contribution in [0.3, 0.4) is 0 Å². The molecule has 6 nitrogen and oxygen atoms in total. The van der Waals surface area contributed by atoms with Gasteiger partial charge in [0.15, 0.2) is 6.10 Å². The van der Waals surface area contributed by atoms with E-state index in [0.29, 0.717) is 19.3 Å². The first-order chi connectivity index (χ1) is 33.0. The first-order valence-electron chi connectivity index (χ1n) is 28.1. The highest BCUT2D eigenvalue weighted by atomic mass is 16.6. The van der Waals surface area contributed by atoms with Crippen molar-refractivity contribution in [3.63, 3.8) is 0 Å². The SMILES string of the molecule is CC/C=C\C/C=C\C/C=C\C/C=C\C/C=C\CCCCCCCC(=O)OCC(COC(=O)CCCCCCC/C=C\CCCCC)OC(=O)CCCCCCC/C=C\CCCCCCCCC. The molecule has 0 aliphatic heterocycles. The number of carbonyl (C=O) groups is 3. The third-order valence-corrected chi connectivity index (χ3v) is 11.9. The summed E-state index contributed by atoms with van der Waals surface area (Å²) < 4.78 is 16.8. The van der Waals surface area contributed by atoms with Crippen molar-refractivity contribution >= 4 is 17.9 Å². The Bertz CT molecular complexity index is 1300. The third-order valence-electron chi connectivity index (χ3n) is 11.9. The predicted molar refractivity (Wildman–Crippen MR) is 288 cm³/mol. The van der Waals surface area contributed by atoms with Gasteiger partial charge in [-0.15, -0.1) is 0 Å². The topological polar surface area (TPSA) is 78.9 Å². The summed E-state index contributed by atoms with van der Waals surface area (Å²) in [5.74, 6) is -0.923. The quantitative estimate of drug-likeness (QED) is 0.0262. The van der Waals surface area contributed by atoms with Crippen LogP contribution in [0.15, 0.2) is 85.1 Å². The van der Waals surface area contributed by atoms with Crippen LogP contribution in [0.25, 0.3) is 0 Å². The monoisotopic (exact) mass is 933 g/mol. The maximum atomic E-state index is 12.8. The average molecular weight is 933 g/mol. The predicted octanol–water partition coefficient (Wildman–Crippen LogP) is 18.8. The lowest BCUT2D eigenvalue weighted by molar-refractivity contribution is -0.167. The molecule has 0 heterocycles. The molecule has 1 unspecified atom stereocenters. The number of carbonyl (C=O) groups excluding carboxylic acids is 3. The summed E-state index contributed by atoms with van der Waals surface area (Å²) in [6.07, 6.45) is 71.4. The van der Waals surface area contributed by atoms with Gasteiger partial charge in [0.05, 0.1) is 0 Å². The Labute approximate surface area is 414 Å². The zero-order valence-corrected chi connectivity index (χ0v) is 43.9. The van der Waals surface area contributed by atoms with Crippen molar-refractivity contribution in [3.8, 4) is 0 Å². The van der Waals surface area contributed by atoms with Crippen LogP contribution in [-0.2, 0) is 28.6 Å². The fraction of sp³-hybridized carbons (Fsp3) is 0.721. The molecule has 0 spiro atoms. The van der Waals surface area contributed by atoms with Crippen molar-refractivity contribution in [2.75, 3.05) is 13.2 Å². The molecule has 67 heavy (non-hydrogen) atoms. The van der Waals surface area contributed by atoms with Gasteiger partial charge in [-0.1, -0.05) is 215 Å². The minimum Gasteiger partial charge on any atom is -0.462 e. The van der Waals surface area contributed by atoms with E-state index in [0.717, 1.165) is 128 Å². The summed E-state index contributed by atoms with van der Waals surface area (Å²) in [5, 5.41) is 0. The summed E-state index contributed by atoms with van der Waals surface area (Å²) in [4.78, 5) is 38.1. The molecule has 0 bridgehead atoms. The molecule has 1 atom stereocenters. The highest BCUT2D eigenvalue weighted by Gasteiger charge is 2.19. The summed E-state index contributed by atoms with van der Waals surface area (Å²) in [5.41, 5.74) is 0. The Morgan fingerprint density at radius 1 is 0.313 bits per heavy atom. The maximum absolute atomic E-state index is 12.8. The Hall–Kier alpha value is -3.41. The number of ether oxygens (including phenoxy) is 3. The van der Waals surface area contributed by atoms with Gasteiger partial charge in [-0.25, -0.2) is 0 Å². The summed E-state index contributed by atoms with van der Waals surface area (Å²) in [7, 11) is 0. The molecule has 0 saturated carbocycles. The van der Waals surface area contributed by atoms with Crippen LogP contribution in [-0.4, -0.2) is 37.2 Å². The number of esters is 3. The van der Waals surface area contributed by atoms with E-state index in [1.807, 2.05) is 0 Å². The molecule has 0 aromatic heterocycles. The van der Waals surface area contributed by atoms with E-state index >= 15 is 0 Å². The Balaban J connectivity index is 4.41. The largest absolute Gasteiger partial charge is 0.462 e. The molecule has 0 aromatic rings. The second-order valence-electron chi connectivity index (χ2n) is 18.5. The van der Waals surface area contributed by atoms with Crippen LogP contribution >= 0.6 is 0 Å². The fourth-order valence-corrected chi connectivity index (χ4v) is 7.63. The van der Waals surface area contributed by atoms with Crippen molar-refractivity contribution in [1.29, 1.82) is 0 Å². The lowest BCUT2D eigenvalue weighted by Crippen LogP contribution is -2.30. The molecule has 0 aliphatic carbocycles. The number of unbranched alkanes of at least 4 members (excludes halogenated alkanes) is 25. The van der Waals surface area contributed by atoms with Gasteiger partial charge in [-0.3, -0.25) is 14.4 Å². The Morgan fingerprint density at radius 3 is 0.955 bits per heavy atom. The van der Waals surface area contributed by atoms with Crippen molar-refractivity contribution in [2.45, 2.75) is 271 Å². The van der Waals surface area contributed by atoms with Crippen molar-refractivity contribution in [1.82, 2.24) is 0 Å². The molecular formula is C61H104O6.